The van der Waals surface area contributed by atoms with Gasteiger partial charge in [-0.2, -0.15) is 0 Å². The van der Waals surface area contributed by atoms with Crippen LogP contribution < -0.4 is 10.2 Å². The average molecular weight is 334 g/mol. The molecule has 0 unspecified atom stereocenters. The number of nitrogens with one attached hydrogen (secondary N) is 1. The molecule has 1 N–H and O–H groups in total. The van der Waals surface area contributed by atoms with Gasteiger partial charge in [0.2, 0.25) is 0 Å². The van der Waals surface area contributed by atoms with E-state index in [0.717, 1.165) is 44.2 Å². The highest BCUT2D eigenvalue weighted by molar-refractivity contribution is 6.30. The van der Waals surface area contributed by atoms with Crippen LogP contribution in [0.1, 0.15) is 18.9 Å². The lowest BCUT2D eigenvalue weighted by atomic mass is 10.1. The maximum absolute atomic E-state index is 11.2. The molecule has 0 aromatic heterocycles. The number of hydrogen-bond acceptors (Lipinski definition) is 3. The van der Waals surface area contributed by atoms with Gasteiger partial charge in [-0.15, -0.1) is 0 Å². The van der Waals surface area contributed by atoms with Crippen LogP contribution in [0.2, 0.25) is 5.02 Å². The molecule has 1 fully saturated rings. The molecule has 5 heteroatoms. The van der Waals surface area contributed by atoms with Gasteiger partial charge in [0.05, 0.1) is 0 Å². The van der Waals surface area contributed by atoms with E-state index in [4.69, 9.17) is 11.6 Å². The van der Waals surface area contributed by atoms with E-state index in [1.165, 1.54) is 11.3 Å². The van der Waals surface area contributed by atoms with Crippen LogP contribution in [0.25, 0.3) is 0 Å². The summed E-state index contributed by atoms with van der Waals surface area (Å²) in [7, 11) is 0. The second kappa shape index (κ2) is 8.81. The summed E-state index contributed by atoms with van der Waals surface area (Å²) in [4.78, 5) is 16.1. The molecular formula is C18H24ClN3O. The van der Waals surface area contributed by atoms with E-state index in [1.807, 2.05) is 6.07 Å². The second-order valence-electron chi connectivity index (χ2n) is 5.74. The van der Waals surface area contributed by atoms with Crippen molar-refractivity contribution in [1.29, 1.82) is 0 Å². The van der Waals surface area contributed by atoms with Gasteiger partial charge in [-0.1, -0.05) is 23.6 Å². The van der Waals surface area contributed by atoms with Crippen molar-refractivity contribution < 1.29 is 4.79 Å². The Labute approximate surface area is 143 Å². The lowest BCUT2D eigenvalue weighted by Gasteiger charge is -2.36. The Bertz CT molecular complexity index is 598. The first-order valence-electron chi connectivity index (χ1n) is 8.04. The predicted octanol–water partition coefficient (Wildman–Crippen LogP) is 2.30. The zero-order chi connectivity index (χ0) is 16.7. The van der Waals surface area contributed by atoms with Crippen LogP contribution in [0, 0.1) is 18.8 Å². The molecule has 2 rings (SSSR count). The lowest BCUT2D eigenvalue weighted by Crippen LogP contribution is -2.47. The molecule has 0 spiro atoms. The van der Waals surface area contributed by atoms with E-state index in [-0.39, 0.29) is 5.91 Å². The van der Waals surface area contributed by atoms with Gasteiger partial charge in [-0.3, -0.25) is 9.69 Å². The predicted molar refractivity (Wildman–Crippen MR) is 95.9 cm³/mol. The lowest BCUT2D eigenvalue weighted by molar-refractivity contribution is -0.115. The smallest absolute Gasteiger partial charge is 0.295 e. The minimum atomic E-state index is -0.186. The normalized spacial score (nSPS) is 15.0. The summed E-state index contributed by atoms with van der Waals surface area (Å²) in [5.74, 6) is 4.90. The van der Waals surface area contributed by atoms with Crippen LogP contribution >= 0.6 is 11.6 Å². The largest absolute Gasteiger partial charge is 0.369 e. The molecule has 1 saturated heterocycles. The number of nitrogens with zero attached hydrogens (tertiary/aromatic N) is 2. The summed E-state index contributed by atoms with van der Waals surface area (Å²) in [6.07, 6.45) is 0.952. The van der Waals surface area contributed by atoms with E-state index in [2.05, 4.69) is 46.0 Å². The van der Waals surface area contributed by atoms with Gasteiger partial charge >= 0.3 is 0 Å². The number of hydrogen-bond donors (Lipinski definition) is 1. The zero-order valence-electron chi connectivity index (χ0n) is 13.9. The maximum atomic E-state index is 11.2. The highest BCUT2D eigenvalue weighted by Crippen LogP contribution is 2.25. The number of halogens is 1. The molecule has 23 heavy (non-hydrogen) atoms. The van der Waals surface area contributed by atoms with E-state index in [0.29, 0.717) is 6.54 Å². The molecule has 124 valence electrons. The third kappa shape index (κ3) is 5.46. The summed E-state index contributed by atoms with van der Waals surface area (Å²) in [6.45, 7) is 9.57. The number of anilines is 1. The van der Waals surface area contributed by atoms with Gasteiger partial charge in [0.25, 0.3) is 5.91 Å². The summed E-state index contributed by atoms with van der Waals surface area (Å²) in [5.41, 5.74) is 2.50. The third-order valence-electron chi connectivity index (χ3n) is 4.06. The minimum absolute atomic E-state index is 0.186. The molecule has 1 aliphatic rings. The fourth-order valence-electron chi connectivity index (χ4n) is 2.80. The van der Waals surface area contributed by atoms with Crippen LogP contribution in [0.3, 0.4) is 0 Å². The second-order valence-corrected chi connectivity index (χ2v) is 6.18. The number of aryl methyl sites for hydroxylation is 1. The quantitative estimate of drug-likeness (QED) is 0.663. The highest BCUT2D eigenvalue weighted by atomic mass is 35.5. The molecule has 1 heterocycles. The maximum Gasteiger partial charge on any atom is 0.295 e. The molecular weight excluding hydrogens is 310 g/mol. The van der Waals surface area contributed by atoms with Gasteiger partial charge in [0.15, 0.2) is 0 Å². The van der Waals surface area contributed by atoms with Crippen LogP contribution in [-0.2, 0) is 4.79 Å². The van der Waals surface area contributed by atoms with Crippen molar-refractivity contribution in [2.45, 2.75) is 20.3 Å². The Balaban J connectivity index is 1.72. The minimum Gasteiger partial charge on any atom is -0.369 e. The van der Waals surface area contributed by atoms with Crippen molar-refractivity contribution in [2.75, 3.05) is 44.2 Å². The average Bonchev–Trinajstić information content (AvgIpc) is 2.55. The molecule has 1 aromatic carbocycles. The van der Waals surface area contributed by atoms with Crippen molar-refractivity contribution in [2.24, 2.45) is 0 Å². The van der Waals surface area contributed by atoms with Crippen molar-refractivity contribution in [3.8, 4) is 11.8 Å². The number of rotatable bonds is 5. The topological polar surface area (TPSA) is 35.6 Å². The Morgan fingerprint density at radius 2 is 2.04 bits per heavy atom. The van der Waals surface area contributed by atoms with E-state index < -0.39 is 0 Å². The van der Waals surface area contributed by atoms with Gasteiger partial charge in [-0.25, -0.2) is 0 Å². The Kier molecular flexibility index (Phi) is 6.76. The standard InChI is InChI=1S/C18H24ClN3O/c1-3-5-18(23)20-8-4-9-21-10-12-22(13-11-21)17-14-16(19)7-6-15(17)2/h6-7,14H,4,8-13H2,1-2H3,(H,20,23). The first-order valence-corrected chi connectivity index (χ1v) is 8.42. The summed E-state index contributed by atoms with van der Waals surface area (Å²) in [6, 6.07) is 6.07. The van der Waals surface area contributed by atoms with E-state index >= 15 is 0 Å². The zero-order valence-corrected chi connectivity index (χ0v) is 14.6. The molecule has 1 aliphatic heterocycles. The van der Waals surface area contributed by atoms with Crippen LogP contribution in [0.15, 0.2) is 18.2 Å². The molecule has 0 atom stereocenters. The third-order valence-corrected chi connectivity index (χ3v) is 4.29. The van der Waals surface area contributed by atoms with Gasteiger partial charge in [0.1, 0.15) is 0 Å². The van der Waals surface area contributed by atoms with Crippen LogP contribution in [-0.4, -0.2) is 50.1 Å². The molecule has 0 radical (unpaired) electrons. The Morgan fingerprint density at radius 1 is 1.30 bits per heavy atom. The highest BCUT2D eigenvalue weighted by Gasteiger charge is 2.18. The first-order chi connectivity index (χ1) is 11.1. The number of carbonyl (C=O) groups is 1. The monoisotopic (exact) mass is 333 g/mol. The Hall–Kier alpha value is -1.70. The van der Waals surface area contributed by atoms with Gasteiger partial charge in [-0.05, 0) is 50.4 Å². The van der Waals surface area contributed by atoms with Crippen molar-refractivity contribution >= 4 is 23.2 Å². The number of carbonyl (C=O) groups excluding carboxylic acids is 1. The van der Waals surface area contributed by atoms with Crippen LogP contribution in [0.4, 0.5) is 5.69 Å². The van der Waals surface area contributed by atoms with Crippen LogP contribution in [0.5, 0.6) is 0 Å². The van der Waals surface area contributed by atoms with Crippen molar-refractivity contribution in [3.63, 3.8) is 0 Å². The summed E-state index contributed by atoms with van der Waals surface area (Å²) in [5, 5.41) is 3.60. The summed E-state index contributed by atoms with van der Waals surface area (Å²) >= 11 is 6.12. The summed E-state index contributed by atoms with van der Waals surface area (Å²) < 4.78 is 0. The molecule has 0 aliphatic carbocycles. The number of benzene rings is 1. The van der Waals surface area contributed by atoms with E-state index in [1.54, 1.807) is 6.92 Å². The fourth-order valence-corrected chi connectivity index (χ4v) is 2.96. The number of piperazine rings is 1. The van der Waals surface area contributed by atoms with E-state index in [9.17, 15) is 4.79 Å². The van der Waals surface area contributed by atoms with Crippen molar-refractivity contribution in [3.05, 3.63) is 28.8 Å². The molecule has 0 saturated carbocycles. The fraction of sp³-hybridized carbons (Fsp3) is 0.500. The van der Waals surface area contributed by atoms with Crippen molar-refractivity contribution in [1.82, 2.24) is 10.2 Å². The first kappa shape index (κ1) is 17.7. The molecule has 4 nitrogen and oxygen atoms in total. The van der Waals surface area contributed by atoms with Gasteiger partial charge < -0.3 is 10.2 Å². The Morgan fingerprint density at radius 3 is 2.74 bits per heavy atom. The van der Waals surface area contributed by atoms with Gasteiger partial charge in [0, 0.05) is 43.4 Å². The molecule has 1 amide bonds. The number of amides is 1. The SMILES string of the molecule is CC#CC(=O)NCCCN1CCN(c2cc(Cl)ccc2C)CC1. The molecule has 1 aromatic rings. The molecule has 0 bridgehead atoms.